The van der Waals surface area contributed by atoms with Crippen molar-refractivity contribution in [1.82, 2.24) is 4.90 Å². The SMILES string of the molecule is CCCc1cc(=O)oc2c(C)c3c(cc12)CN(CCc1ccccc1)CO3. The molecule has 0 unspecified atom stereocenters. The Hall–Kier alpha value is -2.59. The zero-order chi connectivity index (χ0) is 18.8. The number of aryl methyl sites for hydroxylation is 2. The quantitative estimate of drug-likeness (QED) is 0.628. The number of hydrogen-bond acceptors (Lipinski definition) is 4. The van der Waals surface area contributed by atoms with Gasteiger partial charge in [0.2, 0.25) is 0 Å². The minimum atomic E-state index is -0.283. The molecule has 0 atom stereocenters. The Morgan fingerprint density at radius 2 is 1.93 bits per heavy atom. The Morgan fingerprint density at radius 3 is 2.70 bits per heavy atom. The van der Waals surface area contributed by atoms with Gasteiger partial charge in [0.15, 0.2) is 0 Å². The van der Waals surface area contributed by atoms with Crippen molar-refractivity contribution in [3.8, 4) is 5.75 Å². The molecule has 1 aliphatic heterocycles. The zero-order valence-corrected chi connectivity index (χ0v) is 16.0. The third kappa shape index (κ3) is 3.62. The van der Waals surface area contributed by atoms with Crippen molar-refractivity contribution < 1.29 is 9.15 Å². The third-order valence-electron chi connectivity index (χ3n) is 5.24. The Bertz CT molecular complexity index is 1010. The fraction of sp³-hybridized carbons (Fsp3) is 0.348. The molecular formula is C23H25NO3. The molecular weight excluding hydrogens is 338 g/mol. The molecule has 1 aliphatic rings. The summed E-state index contributed by atoms with van der Waals surface area (Å²) in [6, 6.07) is 14.3. The standard InChI is InChI=1S/C23H25NO3/c1-3-7-18-13-21(25)27-23-16(2)22-19(12-20(18)23)14-24(15-26-22)11-10-17-8-5-4-6-9-17/h4-6,8-9,12-13H,3,7,10-11,14-15H2,1-2H3. The van der Waals surface area contributed by atoms with Crippen LogP contribution in [0.5, 0.6) is 5.75 Å². The number of rotatable bonds is 5. The Balaban J connectivity index is 1.63. The van der Waals surface area contributed by atoms with Crippen molar-refractivity contribution in [2.45, 2.75) is 39.7 Å². The van der Waals surface area contributed by atoms with E-state index in [9.17, 15) is 4.79 Å². The van der Waals surface area contributed by atoms with Gasteiger partial charge in [-0.05, 0) is 37.0 Å². The van der Waals surface area contributed by atoms with E-state index in [1.165, 1.54) is 11.1 Å². The van der Waals surface area contributed by atoms with E-state index in [0.29, 0.717) is 12.3 Å². The summed E-state index contributed by atoms with van der Waals surface area (Å²) in [6.45, 7) is 6.47. The number of hydrogen-bond donors (Lipinski definition) is 0. The van der Waals surface area contributed by atoms with Crippen LogP contribution in [0.2, 0.25) is 0 Å². The van der Waals surface area contributed by atoms with Crippen LogP contribution < -0.4 is 10.4 Å². The molecule has 4 rings (SSSR count). The van der Waals surface area contributed by atoms with Gasteiger partial charge in [-0.15, -0.1) is 0 Å². The van der Waals surface area contributed by atoms with Crippen LogP contribution in [-0.2, 0) is 19.4 Å². The smallest absolute Gasteiger partial charge is 0.336 e. The van der Waals surface area contributed by atoms with E-state index in [0.717, 1.165) is 54.6 Å². The lowest BCUT2D eigenvalue weighted by molar-refractivity contribution is 0.0959. The average Bonchev–Trinajstić information content (AvgIpc) is 2.68. The van der Waals surface area contributed by atoms with Crippen molar-refractivity contribution in [3.05, 3.63) is 75.1 Å². The molecule has 0 saturated carbocycles. The van der Waals surface area contributed by atoms with Crippen LogP contribution in [0.3, 0.4) is 0 Å². The molecule has 0 spiro atoms. The number of benzene rings is 2. The van der Waals surface area contributed by atoms with Gasteiger partial charge >= 0.3 is 5.63 Å². The number of fused-ring (bicyclic) bond motifs is 2. The van der Waals surface area contributed by atoms with Crippen molar-refractivity contribution in [3.63, 3.8) is 0 Å². The molecule has 1 aromatic heterocycles. The lowest BCUT2D eigenvalue weighted by atomic mass is 9.98. The van der Waals surface area contributed by atoms with Gasteiger partial charge in [0.05, 0.1) is 0 Å². The van der Waals surface area contributed by atoms with Gasteiger partial charge in [0, 0.05) is 35.7 Å². The predicted molar refractivity (Wildman–Crippen MR) is 107 cm³/mol. The summed E-state index contributed by atoms with van der Waals surface area (Å²) in [6.07, 6.45) is 2.87. The predicted octanol–water partition coefficient (Wildman–Crippen LogP) is 4.45. The molecule has 3 aromatic rings. The largest absolute Gasteiger partial charge is 0.477 e. The van der Waals surface area contributed by atoms with E-state index in [1.54, 1.807) is 6.07 Å². The van der Waals surface area contributed by atoms with Crippen LogP contribution in [0.1, 0.15) is 35.6 Å². The highest BCUT2D eigenvalue weighted by molar-refractivity contribution is 5.86. The first-order valence-corrected chi connectivity index (χ1v) is 9.64. The van der Waals surface area contributed by atoms with E-state index in [-0.39, 0.29) is 5.63 Å². The average molecular weight is 363 g/mol. The Kier molecular flexibility index (Phi) is 4.99. The summed E-state index contributed by atoms with van der Waals surface area (Å²) >= 11 is 0. The van der Waals surface area contributed by atoms with Gasteiger partial charge in [-0.25, -0.2) is 4.79 Å². The first-order chi connectivity index (χ1) is 13.2. The van der Waals surface area contributed by atoms with Crippen LogP contribution >= 0.6 is 0 Å². The Labute approximate surface area is 159 Å². The highest BCUT2D eigenvalue weighted by Gasteiger charge is 2.22. The first kappa shape index (κ1) is 17.8. The number of nitrogens with zero attached hydrogens (tertiary/aromatic N) is 1. The molecule has 0 N–H and O–H groups in total. The van der Waals surface area contributed by atoms with Gasteiger partial charge in [-0.3, -0.25) is 4.90 Å². The van der Waals surface area contributed by atoms with Crippen LogP contribution in [0.4, 0.5) is 0 Å². The minimum absolute atomic E-state index is 0.283. The molecule has 0 saturated heterocycles. The summed E-state index contributed by atoms with van der Waals surface area (Å²) in [4.78, 5) is 14.3. The fourth-order valence-electron chi connectivity index (χ4n) is 3.88. The van der Waals surface area contributed by atoms with E-state index in [4.69, 9.17) is 9.15 Å². The van der Waals surface area contributed by atoms with Crippen molar-refractivity contribution >= 4 is 11.0 Å². The maximum atomic E-state index is 12.0. The monoisotopic (exact) mass is 363 g/mol. The normalized spacial score (nSPS) is 14.1. The van der Waals surface area contributed by atoms with Crippen molar-refractivity contribution in [1.29, 1.82) is 0 Å². The molecule has 27 heavy (non-hydrogen) atoms. The van der Waals surface area contributed by atoms with Crippen LogP contribution in [0.25, 0.3) is 11.0 Å². The van der Waals surface area contributed by atoms with Crippen LogP contribution in [0.15, 0.2) is 51.7 Å². The van der Waals surface area contributed by atoms with E-state index < -0.39 is 0 Å². The summed E-state index contributed by atoms with van der Waals surface area (Å²) in [5.74, 6) is 0.871. The second-order valence-electron chi connectivity index (χ2n) is 7.27. The van der Waals surface area contributed by atoms with Crippen LogP contribution in [0, 0.1) is 6.92 Å². The summed E-state index contributed by atoms with van der Waals surface area (Å²) in [7, 11) is 0. The molecule has 0 bridgehead atoms. The van der Waals surface area contributed by atoms with Gasteiger partial charge in [0.1, 0.15) is 18.1 Å². The van der Waals surface area contributed by atoms with E-state index in [2.05, 4.69) is 42.2 Å². The van der Waals surface area contributed by atoms with Gasteiger partial charge in [0.25, 0.3) is 0 Å². The molecule has 2 aromatic carbocycles. The molecule has 0 fully saturated rings. The first-order valence-electron chi connectivity index (χ1n) is 9.64. The van der Waals surface area contributed by atoms with Gasteiger partial charge in [-0.2, -0.15) is 0 Å². The molecule has 0 aliphatic carbocycles. The van der Waals surface area contributed by atoms with Gasteiger partial charge < -0.3 is 9.15 Å². The fourth-order valence-corrected chi connectivity index (χ4v) is 3.88. The van der Waals surface area contributed by atoms with Gasteiger partial charge in [-0.1, -0.05) is 43.7 Å². The second kappa shape index (κ2) is 7.57. The highest BCUT2D eigenvalue weighted by atomic mass is 16.5. The highest BCUT2D eigenvalue weighted by Crippen LogP contribution is 2.35. The zero-order valence-electron chi connectivity index (χ0n) is 16.0. The van der Waals surface area contributed by atoms with Crippen LogP contribution in [-0.4, -0.2) is 18.2 Å². The summed E-state index contributed by atoms with van der Waals surface area (Å²) in [5, 5.41) is 1.04. The molecule has 0 radical (unpaired) electrons. The maximum Gasteiger partial charge on any atom is 0.336 e. The summed E-state index contributed by atoms with van der Waals surface area (Å²) < 4.78 is 11.6. The topological polar surface area (TPSA) is 42.7 Å². The third-order valence-corrected chi connectivity index (χ3v) is 5.24. The maximum absolute atomic E-state index is 12.0. The van der Waals surface area contributed by atoms with E-state index >= 15 is 0 Å². The number of ether oxygens (including phenoxy) is 1. The molecule has 2 heterocycles. The lowest BCUT2D eigenvalue weighted by Gasteiger charge is -2.30. The molecule has 0 amide bonds. The van der Waals surface area contributed by atoms with Crippen molar-refractivity contribution in [2.24, 2.45) is 0 Å². The van der Waals surface area contributed by atoms with E-state index in [1.807, 2.05) is 13.0 Å². The Morgan fingerprint density at radius 1 is 1.11 bits per heavy atom. The molecule has 140 valence electrons. The van der Waals surface area contributed by atoms with Crippen molar-refractivity contribution in [2.75, 3.05) is 13.3 Å². The summed E-state index contributed by atoms with van der Waals surface area (Å²) in [5.41, 5.74) is 4.89. The minimum Gasteiger partial charge on any atom is -0.477 e. The lowest BCUT2D eigenvalue weighted by Crippen LogP contribution is -2.34. The second-order valence-corrected chi connectivity index (χ2v) is 7.27. The molecule has 4 nitrogen and oxygen atoms in total. The molecule has 4 heteroatoms.